The highest BCUT2D eigenvalue weighted by atomic mass is 32.1. The average molecular weight is 285 g/mol. The lowest BCUT2D eigenvalue weighted by molar-refractivity contribution is 0.0951. The Balaban J connectivity index is 2.01. The molecule has 0 fully saturated rings. The SMILES string of the molecule is Cc1ccc(CNC(=O)c2cncc(C#CCN)c2)s1. The summed E-state index contributed by atoms with van der Waals surface area (Å²) >= 11 is 1.67. The molecule has 2 rings (SSSR count). The van der Waals surface area contributed by atoms with E-state index in [1.165, 1.54) is 11.1 Å². The number of nitrogens with zero attached hydrogens (tertiary/aromatic N) is 1. The van der Waals surface area contributed by atoms with Crippen LogP contribution >= 0.6 is 11.3 Å². The number of carbonyl (C=O) groups excluding carboxylic acids is 1. The van der Waals surface area contributed by atoms with Gasteiger partial charge in [0.05, 0.1) is 18.7 Å². The Kier molecular flexibility index (Phi) is 4.88. The minimum Gasteiger partial charge on any atom is -0.347 e. The average Bonchev–Trinajstić information content (AvgIpc) is 2.88. The van der Waals surface area contributed by atoms with Crippen LogP contribution in [-0.4, -0.2) is 17.4 Å². The van der Waals surface area contributed by atoms with Crippen LogP contribution in [0.5, 0.6) is 0 Å². The first kappa shape index (κ1) is 14.3. The minimum absolute atomic E-state index is 0.153. The van der Waals surface area contributed by atoms with Gasteiger partial charge < -0.3 is 11.1 Å². The maximum atomic E-state index is 12.0. The van der Waals surface area contributed by atoms with Crippen molar-refractivity contribution in [2.24, 2.45) is 5.73 Å². The highest BCUT2D eigenvalue weighted by molar-refractivity contribution is 7.11. The van der Waals surface area contributed by atoms with Crippen LogP contribution < -0.4 is 11.1 Å². The maximum Gasteiger partial charge on any atom is 0.253 e. The van der Waals surface area contributed by atoms with Crippen molar-refractivity contribution in [2.75, 3.05) is 6.54 Å². The summed E-state index contributed by atoms with van der Waals surface area (Å²) in [5.74, 6) is 5.45. The van der Waals surface area contributed by atoms with E-state index in [9.17, 15) is 4.79 Å². The molecule has 0 unspecified atom stereocenters. The number of rotatable bonds is 3. The van der Waals surface area contributed by atoms with Gasteiger partial charge in [0.2, 0.25) is 0 Å². The van der Waals surface area contributed by atoms with Gasteiger partial charge in [-0.25, -0.2) is 0 Å². The van der Waals surface area contributed by atoms with Gasteiger partial charge in [-0.2, -0.15) is 0 Å². The number of aromatic nitrogens is 1. The van der Waals surface area contributed by atoms with Gasteiger partial charge in [0.25, 0.3) is 5.91 Å². The monoisotopic (exact) mass is 285 g/mol. The fourth-order valence-electron chi connectivity index (χ4n) is 1.64. The summed E-state index contributed by atoms with van der Waals surface area (Å²) in [4.78, 5) is 18.4. The van der Waals surface area contributed by atoms with E-state index in [-0.39, 0.29) is 12.5 Å². The van der Waals surface area contributed by atoms with Gasteiger partial charge in [-0.05, 0) is 25.1 Å². The van der Waals surface area contributed by atoms with Gasteiger partial charge in [0, 0.05) is 27.7 Å². The summed E-state index contributed by atoms with van der Waals surface area (Å²) in [6, 6.07) is 5.77. The molecule has 0 aromatic carbocycles. The van der Waals surface area contributed by atoms with Crippen LogP contribution in [0.4, 0.5) is 0 Å². The zero-order valence-electron chi connectivity index (χ0n) is 11.1. The van der Waals surface area contributed by atoms with E-state index in [1.54, 1.807) is 23.6 Å². The standard InChI is InChI=1S/C15H15N3OS/c1-11-4-5-14(20-11)10-18-15(19)13-7-12(3-2-6-16)8-17-9-13/h4-5,7-9H,6,10,16H2,1H3,(H,18,19). The third-order valence-electron chi connectivity index (χ3n) is 2.55. The fourth-order valence-corrected chi connectivity index (χ4v) is 2.47. The molecule has 0 saturated heterocycles. The van der Waals surface area contributed by atoms with Crippen LogP contribution in [0.2, 0.25) is 0 Å². The van der Waals surface area contributed by atoms with Crippen molar-refractivity contribution < 1.29 is 4.79 Å². The van der Waals surface area contributed by atoms with Crippen molar-refractivity contribution in [1.29, 1.82) is 0 Å². The second-order valence-corrected chi connectivity index (χ2v) is 5.54. The number of hydrogen-bond acceptors (Lipinski definition) is 4. The number of pyridine rings is 1. The van der Waals surface area contributed by atoms with Gasteiger partial charge in [-0.15, -0.1) is 11.3 Å². The first-order valence-electron chi connectivity index (χ1n) is 6.16. The van der Waals surface area contributed by atoms with Crippen molar-refractivity contribution in [3.8, 4) is 11.8 Å². The molecular formula is C15H15N3OS. The molecule has 0 saturated carbocycles. The van der Waals surface area contributed by atoms with E-state index < -0.39 is 0 Å². The molecule has 102 valence electrons. The molecule has 3 N–H and O–H groups in total. The molecule has 0 aliphatic carbocycles. The number of carbonyl (C=O) groups is 1. The molecule has 0 atom stereocenters. The van der Waals surface area contributed by atoms with E-state index in [0.29, 0.717) is 17.7 Å². The molecule has 2 aromatic rings. The zero-order valence-corrected chi connectivity index (χ0v) is 12.0. The van der Waals surface area contributed by atoms with E-state index >= 15 is 0 Å². The fraction of sp³-hybridized carbons (Fsp3) is 0.200. The van der Waals surface area contributed by atoms with Crippen LogP contribution in [0.25, 0.3) is 0 Å². The molecule has 4 nitrogen and oxygen atoms in total. The number of aryl methyl sites for hydroxylation is 1. The van der Waals surface area contributed by atoms with Gasteiger partial charge >= 0.3 is 0 Å². The molecule has 0 aliphatic rings. The van der Waals surface area contributed by atoms with Crippen LogP contribution in [0.3, 0.4) is 0 Å². The molecule has 1 amide bonds. The summed E-state index contributed by atoms with van der Waals surface area (Å²) in [7, 11) is 0. The molecule has 0 spiro atoms. The maximum absolute atomic E-state index is 12.0. The minimum atomic E-state index is -0.153. The summed E-state index contributed by atoms with van der Waals surface area (Å²) in [5, 5.41) is 2.87. The number of hydrogen-bond donors (Lipinski definition) is 2. The number of amides is 1. The second-order valence-electron chi connectivity index (χ2n) is 4.16. The third-order valence-corrected chi connectivity index (χ3v) is 3.56. The Labute approximate surface area is 122 Å². The van der Waals surface area contributed by atoms with Crippen LogP contribution in [0, 0.1) is 18.8 Å². The van der Waals surface area contributed by atoms with E-state index in [0.717, 1.165) is 4.88 Å². The lowest BCUT2D eigenvalue weighted by Crippen LogP contribution is -2.22. The van der Waals surface area contributed by atoms with Crippen LogP contribution in [0.1, 0.15) is 25.7 Å². The summed E-state index contributed by atoms with van der Waals surface area (Å²) in [6.45, 7) is 2.85. The quantitative estimate of drug-likeness (QED) is 0.843. The molecule has 0 aliphatic heterocycles. The van der Waals surface area contributed by atoms with Crippen molar-refractivity contribution in [3.05, 3.63) is 51.5 Å². The largest absolute Gasteiger partial charge is 0.347 e. The van der Waals surface area contributed by atoms with E-state index in [4.69, 9.17) is 5.73 Å². The number of thiophene rings is 1. The molecule has 0 radical (unpaired) electrons. The second kappa shape index (κ2) is 6.85. The number of nitrogens with one attached hydrogen (secondary N) is 1. The topological polar surface area (TPSA) is 68.0 Å². The Morgan fingerprint density at radius 3 is 3.00 bits per heavy atom. The lowest BCUT2D eigenvalue weighted by atomic mass is 10.2. The Bertz CT molecular complexity index is 667. The van der Waals surface area contributed by atoms with Gasteiger partial charge in [-0.1, -0.05) is 11.8 Å². The first-order valence-corrected chi connectivity index (χ1v) is 6.98. The third kappa shape index (κ3) is 3.92. The van der Waals surface area contributed by atoms with Crippen molar-refractivity contribution >= 4 is 17.2 Å². The van der Waals surface area contributed by atoms with E-state index in [1.807, 2.05) is 19.1 Å². The van der Waals surface area contributed by atoms with Gasteiger partial charge in [0.1, 0.15) is 0 Å². The van der Waals surface area contributed by atoms with Gasteiger partial charge in [0.15, 0.2) is 0 Å². The predicted molar refractivity (Wildman–Crippen MR) is 80.4 cm³/mol. The Hall–Kier alpha value is -2.16. The summed E-state index contributed by atoms with van der Waals surface area (Å²) < 4.78 is 0. The normalized spacial score (nSPS) is 9.70. The molecule has 2 heterocycles. The Morgan fingerprint density at radius 2 is 2.30 bits per heavy atom. The van der Waals surface area contributed by atoms with Crippen molar-refractivity contribution in [3.63, 3.8) is 0 Å². The zero-order chi connectivity index (χ0) is 14.4. The molecular weight excluding hydrogens is 270 g/mol. The number of nitrogens with two attached hydrogens (primary N) is 1. The highest BCUT2D eigenvalue weighted by Gasteiger charge is 2.07. The lowest BCUT2D eigenvalue weighted by Gasteiger charge is -2.03. The smallest absolute Gasteiger partial charge is 0.253 e. The van der Waals surface area contributed by atoms with E-state index in [2.05, 4.69) is 22.1 Å². The highest BCUT2D eigenvalue weighted by Crippen LogP contribution is 2.14. The van der Waals surface area contributed by atoms with Crippen molar-refractivity contribution in [1.82, 2.24) is 10.3 Å². The summed E-state index contributed by atoms with van der Waals surface area (Å²) in [6.07, 6.45) is 3.14. The summed E-state index contributed by atoms with van der Waals surface area (Å²) in [5.41, 5.74) is 6.51. The predicted octanol–water partition coefficient (Wildman–Crippen LogP) is 1.69. The molecule has 0 bridgehead atoms. The molecule has 5 heteroatoms. The Morgan fingerprint density at radius 1 is 1.45 bits per heavy atom. The van der Waals surface area contributed by atoms with Crippen molar-refractivity contribution in [2.45, 2.75) is 13.5 Å². The van der Waals surface area contributed by atoms with Gasteiger partial charge in [-0.3, -0.25) is 9.78 Å². The molecule has 20 heavy (non-hydrogen) atoms. The molecule has 2 aromatic heterocycles. The van der Waals surface area contributed by atoms with Crippen LogP contribution in [-0.2, 0) is 6.54 Å². The first-order chi connectivity index (χ1) is 9.69. The van der Waals surface area contributed by atoms with Crippen LogP contribution in [0.15, 0.2) is 30.6 Å².